The smallest absolute Gasteiger partial charge is 0.117 e. The van der Waals surface area contributed by atoms with Crippen LogP contribution in [0.5, 0.6) is 0 Å². The average molecular weight is 176 g/mol. The number of hydrogen-bond donors (Lipinski definition) is 2. The molecule has 0 unspecified atom stereocenters. The van der Waals surface area contributed by atoms with Crippen LogP contribution in [0, 0.1) is 0 Å². The van der Waals surface area contributed by atoms with E-state index in [2.05, 4.69) is 33.7 Å². The van der Waals surface area contributed by atoms with E-state index in [-0.39, 0.29) is 0 Å². The second-order valence-corrected chi connectivity index (χ2v) is 2.91. The monoisotopic (exact) mass is 176 g/mol. The zero-order valence-corrected chi connectivity index (χ0v) is 7.54. The lowest BCUT2D eigenvalue weighted by atomic mass is 10.2. The highest BCUT2D eigenvalue weighted by molar-refractivity contribution is 5.77. The van der Waals surface area contributed by atoms with Crippen LogP contribution in [-0.4, -0.2) is 22.0 Å². The zero-order chi connectivity index (χ0) is 9.10. The van der Waals surface area contributed by atoms with Crippen LogP contribution in [0.15, 0.2) is 18.2 Å². The van der Waals surface area contributed by atoms with Gasteiger partial charge in [0.15, 0.2) is 0 Å². The molecule has 0 spiro atoms. The Labute approximate surface area is 76.3 Å². The lowest BCUT2D eigenvalue weighted by Gasteiger charge is -2.01. The highest BCUT2D eigenvalue weighted by Gasteiger charge is 2.02. The van der Waals surface area contributed by atoms with Gasteiger partial charge in [-0.25, -0.2) is 0 Å². The molecule has 0 atom stereocenters. The summed E-state index contributed by atoms with van der Waals surface area (Å²) in [7, 11) is 0. The van der Waals surface area contributed by atoms with Gasteiger partial charge in [-0.05, 0) is 18.2 Å². The maximum Gasteiger partial charge on any atom is 0.117 e. The van der Waals surface area contributed by atoms with Crippen molar-refractivity contribution >= 4 is 11.0 Å². The standard InChI is InChI=1S/C9H12N4/c1-2-10-6-7-4-3-5-8-9(7)12-13-11-8/h3-5,10H,2,6H2,1H3,(H,11,12,13). The molecule has 0 saturated carbocycles. The molecule has 0 aliphatic heterocycles. The second kappa shape index (κ2) is 3.53. The van der Waals surface area contributed by atoms with E-state index in [1.807, 2.05) is 12.1 Å². The van der Waals surface area contributed by atoms with Crippen molar-refractivity contribution < 1.29 is 0 Å². The predicted molar refractivity (Wildman–Crippen MR) is 51.3 cm³/mol. The van der Waals surface area contributed by atoms with Crippen molar-refractivity contribution in [3.8, 4) is 0 Å². The van der Waals surface area contributed by atoms with E-state index in [9.17, 15) is 0 Å². The summed E-state index contributed by atoms with van der Waals surface area (Å²) in [5, 5.41) is 13.9. The molecule has 2 aromatic rings. The van der Waals surface area contributed by atoms with Crippen molar-refractivity contribution in [1.82, 2.24) is 20.7 Å². The summed E-state index contributed by atoms with van der Waals surface area (Å²) in [6.07, 6.45) is 0. The Morgan fingerprint density at radius 1 is 1.46 bits per heavy atom. The van der Waals surface area contributed by atoms with E-state index in [0.29, 0.717) is 0 Å². The van der Waals surface area contributed by atoms with Crippen molar-refractivity contribution in [1.29, 1.82) is 0 Å². The van der Waals surface area contributed by atoms with Gasteiger partial charge in [0.05, 0.1) is 5.52 Å². The van der Waals surface area contributed by atoms with E-state index >= 15 is 0 Å². The number of H-pyrrole nitrogens is 1. The number of nitrogens with one attached hydrogen (secondary N) is 2. The maximum absolute atomic E-state index is 4.03. The number of nitrogens with zero attached hydrogens (tertiary/aromatic N) is 2. The first-order valence-corrected chi connectivity index (χ1v) is 4.41. The van der Waals surface area contributed by atoms with Gasteiger partial charge < -0.3 is 5.32 Å². The minimum Gasteiger partial charge on any atom is -0.313 e. The fraction of sp³-hybridized carbons (Fsp3) is 0.333. The summed E-state index contributed by atoms with van der Waals surface area (Å²) >= 11 is 0. The van der Waals surface area contributed by atoms with Crippen molar-refractivity contribution in [3.05, 3.63) is 23.8 Å². The Hall–Kier alpha value is -1.42. The molecule has 1 aromatic carbocycles. The van der Waals surface area contributed by atoms with Crippen molar-refractivity contribution in [2.24, 2.45) is 0 Å². The lowest BCUT2D eigenvalue weighted by Crippen LogP contribution is -2.11. The fourth-order valence-electron chi connectivity index (χ4n) is 1.33. The summed E-state index contributed by atoms with van der Waals surface area (Å²) in [4.78, 5) is 0. The summed E-state index contributed by atoms with van der Waals surface area (Å²) < 4.78 is 0. The molecule has 0 amide bonds. The van der Waals surface area contributed by atoms with Gasteiger partial charge in [0.2, 0.25) is 0 Å². The third-order valence-electron chi connectivity index (χ3n) is 2.01. The summed E-state index contributed by atoms with van der Waals surface area (Å²) in [6, 6.07) is 6.05. The number of aromatic amines is 1. The van der Waals surface area contributed by atoms with Gasteiger partial charge in [-0.3, -0.25) is 5.10 Å². The number of fused-ring (bicyclic) bond motifs is 1. The van der Waals surface area contributed by atoms with Crippen LogP contribution in [0.3, 0.4) is 0 Å². The Balaban J connectivity index is 2.37. The van der Waals surface area contributed by atoms with Gasteiger partial charge in [-0.15, -0.1) is 5.10 Å². The van der Waals surface area contributed by atoms with Crippen LogP contribution < -0.4 is 5.32 Å². The number of benzene rings is 1. The molecule has 0 radical (unpaired) electrons. The molecule has 13 heavy (non-hydrogen) atoms. The molecule has 2 rings (SSSR count). The quantitative estimate of drug-likeness (QED) is 0.735. The molecule has 0 bridgehead atoms. The molecule has 0 aliphatic carbocycles. The minimum atomic E-state index is 0.848. The van der Waals surface area contributed by atoms with E-state index < -0.39 is 0 Å². The van der Waals surface area contributed by atoms with Crippen molar-refractivity contribution in [2.45, 2.75) is 13.5 Å². The van der Waals surface area contributed by atoms with Gasteiger partial charge in [0.1, 0.15) is 5.52 Å². The number of rotatable bonds is 3. The molecular formula is C9H12N4. The Morgan fingerprint density at radius 2 is 2.38 bits per heavy atom. The SMILES string of the molecule is CCNCc1cccc2[nH]nnc12. The predicted octanol–water partition coefficient (Wildman–Crippen LogP) is 1.07. The van der Waals surface area contributed by atoms with E-state index in [4.69, 9.17) is 0 Å². The molecule has 1 heterocycles. The highest BCUT2D eigenvalue weighted by atomic mass is 15.3. The Bertz CT molecular complexity index is 393. The van der Waals surface area contributed by atoms with E-state index in [1.54, 1.807) is 0 Å². The molecule has 4 heteroatoms. The first kappa shape index (κ1) is 8.19. The molecule has 0 aliphatic rings. The van der Waals surface area contributed by atoms with Crippen molar-refractivity contribution in [3.63, 3.8) is 0 Å². The van der Waals surface area contributed by atoms with Gasteiger partial charge in [0.25, 0.3) is 0 Å². The van der Waals surface area contributed by atoms with E-state index in [0.717, 1.165) is 24.1 Å². The molecule has 68 valence electrons. The molecular weight excluding hydrogens is 164 g/mol. The van der Waals surface area contributed by atoms with Gasteiger partial charge in [0, 0.05) is 6.54 Å². The number of hydrogen-bond acceptors (Lipinski definition) is 3. The number of aromatic nitrogens is 3. The van der Waals surface area contributed by atoms with Crippen LogP contribution in [-0.2, 0) is 6.54 Å². The average Bonchev–Trinajstić information content (AvgIpc) is 2.62. The summed E-state index contributed by atoms with van der Waals surface area (Å²) in [6.45, 7) is 3.90. The zero-order valence-electron chi connectivity index (χ0n) is 7.54. The largest absolute Gasteiger partial charge is 0.313 e. The van der Waals surface area contributed by atoms with Crippen LogP contribution in [0.4, 0.5) is 0 Å². The fourth-order valence-corrected chi connectivity index (χ4v) is 1.33. The van der Waals surface area contributed by atoms with Crippen LogP contribution in [0.25, 0.3) is 11.0 Å². The molecule has 0 saturated heterocycles. The molecule has 4 nitrogen and oxygen atoms in total. The Kier molecular flexibility index (Phi) is 2.23. The lowest BCUT2D eigenvalue weighted by molar-refractivity contribution is 0.729. The van der Waals surface area contributed by atoms with Gasteiger partial charge >= 0.3 is 0 Å². The van der Waals surface area contributed by atoms with Gasteiger partial charge in [-0.1, -0.05) is 24.3 Å². The van der Waals surface area contributed by atoms with Crippen molar-refractivity contribution in [2.75, 3.05) is 6.54 Å². The first-order chi connectivity index (χ1) is 6.42. The topological polar surface area (TPSA) is 53.6 Å². The van der Waals surface area contributed by atoms with E-state index in [1.165, 1.54) is 5.56 Å². The first-order valence-electron chi connectivity index (χ1n) is 4.41. The molecule has 2 N–H and O–H groups in total. The Morgan fingerprint density at radius 3 is 3.23 bits per heavy atom. The second-order valence-electron chi connectivity index (χ2n) is 2.91. The molecule has 1 aromatic heterocycles. The van der Waals surface area contributed by atoms with Crippen LogP contribution >= 0.6 is 0 Å². The third kappa shape index (κ3) is 1.53. The summed E-state index contributed by atoms with van der Waals surface area (Å²) in [5.41, 5.74) is 3.15. The van der Waals surface area contributed by atoms with Crippen LogP contribution in [0.1, 0.15) is 12.5 Å². The normalized spacial score (nSPS) is 10.8. The highest BCUT2D eigenvalue weighted by Crippen LogP contribution is 2.12. The maximum atomic E-state index is 4.03. The third-order valence-corrected chi connectivity index (χ3v) is 2.01. The summed E-state index contributed by atoms with van der Waals surface area (Å²) in [5.74, 6) is 0. The van der Waals surface area contributed by atoms with Gasteiger partial charge in [-0.2, -0.15) is 0 Å². The van der Waals surface area contributed by atoms with Crippen LogP contribution in [0.2, 0.25) is 0 Å². The minimum absolute atomic E-state index is 0.848. The molecule has 0 fully saturated rings.